The van der Waals surface area contributed by atoms with Gasteiger partial charge in [-0.15, -0.1) is 0 Å². The number of hydrogen-bond acceptors (Lipinski definition) is 4. The molecule has 3 rings (SSSR count). The van der Waals surface area contributed by atoms with Crippen LogP contribution in [0.25, 0.3) is 0 Å². The van der Waals surface area contributed by atoms with Gasteiger partial charge in [0, 0.05) is 19.3 Å². The van der Waals surface area contributed by atoms with Gasteiger partial charge in [0.2, 0.25) is 5.91 Å². The van der Waals surface area contributed by atoms with Crippen LogP contribution in [0.3, 0.4) is 0 Å². The highest BCUT2D eigenvalue weighted by atomic mass is 16.5. The molecule has 6 heteroatoms. The minimum Gasteiger partial charge on any atom is -0.363 e. The molecule has 0 radical (unpaired) electrons. The van der Waals surface area contributed by atoms with Crippen molar-refractivity contribution < 1.29 is 14.3 Å². The summed E-state index contributed by atoms with van der Waals surface area (Å²) in [5, 5.41) is 2.94. The lowest BCUT2D eigenvalue weighted by atomic mass is 9.83. The minimum absolute atomic E-state index is 0.0224. The third-order valence-electron chi connectivity index (χ3n) is 4.44. The Morgan fingerprint density at radius 1 is 1.43 bits per heavy atom. The van der Waals surface area contributed by atoms with Crippen LogP contribution in [0, 0.1) is 0 Å². The summed E-state index contributed by atoms with van der Waals surface area (Å²) in [6, 6.07) is 5.31. The van der Waals surface area contributed by atoms with E-state index >= 15 is 0 Å². The lowest BCUT2D eigenvalue weighted by Gasteiger charge is -2.47. The number of rotatable bonds is 1. The van der Waals surface area contributed by atoms with Gasteiger partial charge in [-0.25, -0.2) is 0 Å². The molecule has 1 aromatic rings. The molecule has 2 fully saturated rings. The van der Waals surface area contributed by atoms with E-state index in [0.717, 1.165) is 12.8 Å². The van der Waals surface area contributed by atoms with Gasteiger partial charge in [-0.2, -0.15) is 0 Å². The van der Waals surface area contributed by atoms with E-state index in [9.17, 15) is 9.59 Å². The second-order valence-electron chi connectivity index (χ2n) is 5.65. The van der Waals surface area contributed by atoms with Crippen LogP contribution in [-0.4, -0.2) is 53.0 Å². The van der Waals surface area contributed by atoms with Crippen molar-refractivity contribution in [2.24, 2.45) is 0 Å². The van der Waals surface area contributed by atoms with Crippen molar-refractivity contribution in [2.75, 3.05) is 19.7 Å². The lowest BCUT2D eigenvalue weighted by Crippen LogP contribution is -2.63. The van der Waals surface area contributed by atoms with Crippen molar-refractivity contribution in [1.29, 1.82) is 0 Å². The van der Waals surface area contributed by atoms with E-state index in [1.807, 2.05) is 13.0 Å². The molecule has 2 aliphatic heterocycles. The fraction of sp³-hybridized carbons (Fsp3) is 0.533. The van der Waals surface area contributed by atoms with Crippen molar-refractivity contribution in [2.45, 2.75) is 31.4 Å². The van der Waals surface area contributed by atoms with Crippen LogP contribution in [0.15, 0.2) is 24.4 Å². The minimum atomic E-state index is -0.338. The van der Waals surface area contributed by atoms with Gasteiger partial charge in [-0.05, 0) is 31.9 Å². The Morgan fingerprint density at radius 2 is 2.19 bits per heavy atom. The van der Waals surface area contributed by atoms with Gasteiger partial charge in [-0.3, -0.25) is 14.6 Å². The summed E-state index contributed by atoms with van der Waals surface area (Å²) in [6.07, 6.45) is 3.08. The highest BCUT2D eigenvalue weighted by molar-refractivity contribution is 5.92. The van der Waals surface area contributed by atoms with E-state index in [4.69, 9.17) is 4.74 Å². The number of ether oxygens (including phenoxy) is 1. The number of nitrogens with zero attached hydrogens (tertiary/aromatic N) is 2. The zero-order valence-electron chi connectivity index (χ0n) is 12.0. The van der Waals surface area contributed by atoms with E-state index in [2.05, 4.69) is 10.3 Å². The Morgan fingerprint density at radius 3 is 2.81 bits per heavy atom. The quantitative estimate of drug-likeness (QED) is 0.821. The maximum absolute atomic E-state index is 12.4. The van der Waals surface area contributed by atoms with E-state index in [1.54, 1.807) is 23.2 Å². The molecule has 1 atom stereocenters. The first-order valence-electron chi connectivity index (χ1n) is 7.24. The van der Waals surface area contributed by atoms with Gasteiger partial charge in [0.05, 0.1) is 11.6 Å². The molecule has 0 aliphatic carbocycles. The van der Waals surface area contributed by atoms with Crippen molar-refractivity contribution in [1.82, 2.24) is 15.2 Å². The first kappa shape index (κ1) is 14.0. The second kappa shape index (κ2) is 5.44. The third kappa shape index (κ3) is 2.63. The molecule has 0 saturated carbocycles. The average molecular weight is 289 g/mol. The fourth-order valence-corrected chi connectivity index (χ4v) is 3.07. The summed E-state index contributed by atoms with van der Waals surface area (Å²) in [4.78, 5) is 29.6. The molecule has 3 heterocycles. The van der Waals surface area contributed by atoms with E-state index in [0.29, 0.717) is 18.8 Å². The van der Waals surface area contributed by atoms with Crippen molar-refractivity contribution in [3.8, 4) is 0 Å². The summed E-state index contributed by atoms with van der Waals surface area (Å²) < 4.78 is 5.80. The van der Waals surface area contributed by atoms with Gasteiger partial charge in [-0.1, -0.05) is 6.07 Å². The molecular formula is C15H19N3O3. The molecule has 6 nitrogen and oxygen atoms in total. The molecule has 1 aromatic heterocycles. The number of hydrogen-bond donors (Lipinski definition) is 1. The number of piperidine rings is 1. The Bertz CT molecular complexity index is 538. The second-order valence-corrected chi connectivity index (χ2v) is 5.65. The van der Waals surface area contributed by atoms with Crippen molar-refractivity contribution >= 4 is 11.8 Å². The smallest absolute Gasteiger partial charge is 0.272 e. The maximum atomic E-state index is 12.4. The highest BCUT2D eigenvalue weighted by Crippen LogP contribution is 2.32. The predicted octanol–water partition coefficient (Wildman–Crippen LogP) is 0.591. The topological polar surface area (TPSA) is 71.5 Å². The molecule has 2 aliphatic rings. The molecule has 1 N–H and O–H groups in total. The van der Waals surface area contributed by atoms with Gasteiger partial charge >= 0.3 is 0 Å². The Hall–Kier alpha value is -1.95. The van der Waals surface area contributed by atoms with Crippen LogP contribution in [0.4, 0.5) is 0 Å². The predicted molar refractivity (Wildman–Crippen MR) is 75.7 cm³/mol. The standard InChI is InChI=1S/C15H19N3O3/c1-11-15(21-10-13(19)17-11)5-8-18(9-6-15)14(20)12-4-2-3-7-16-12/h2-4,7,11H,5-6,8-10H2,1H3,(H,17,19)/t11-/m0/s1. The van der Waals surface area contributed by atoms with E-state index < -0.39 is 0 Å². The summed E-state index contributed by atoms with van der Waals surface area (Å²) in [5.41, 5.74) is 0.133. The first-order valence-corrected chi connectivity index (χ1v) is 7.24. The van der Waals surface area contributed by atoms with Gasteiger partial charge in [0.15, 0.2) is 0 Å². The summed E-state index contributed by atoms with van der Waals surface area (Å²) in [7, 11) is 0. The highest BCUT2D eigenvalue weighted by Gasteiger charge is 2.45. The Balaban J connectivity index is 1.65. The first-order chi connectivity index (χ1) is 10.1. The largest absolute Gasteiger partial charge is 0.363 e. The summed E-state index contributed by atoms with van der Waals surface area (Å²) in [5.74, 6) is -0.113. The summed E-state index contributed by atoms with van der Waals surface area (Å²) in [6.45, 7) is 3.32. The number of likely N-dealkylation sites (tertiary alicyclic amines) is 1. The molecule has 2 amide bonds. The maximum Gasteiger partial charge on any atom is 0.272 e. The zero-order chi connectivity index (χ0) is 14.9. The molecular weight excluding hydrogens is 270 g/mol. The number of aromatic nitrogens is 1. The van der Waals surface area contributed by atoms with Crippen molar-refractivity contribution in [3.63, 3.8) is 0 Å². The number of amides is 2. The Labute approximate surface area is 123 Å². The van der Waals surface area contributed by atoms with Gasteiger partial charge < -0.3 is 15.0 Å². The van der Waals surface area contributed by atoms with Crippen LogP contribution >= 0.6 is 0 Å². The average Bonchev–Trinajstić information content (AvgIpc) is 2.52. The van der Waals surface area contributed by atoms with Crippen molar-refractivity contribution in [3.05, 3.63) is 30.1 Å². The molecule has 2 saturated heterocycles. The molecule has 0 bridgehead atoms. The monoisotopic (exact) mass is 289 g/mol. The van der Waals surface area contributed by atoms with Crippen LogP contribution in [0.2, 0.25) is 0 Å². The number of nitrogens with one attached hydrogen (secondary N) is 1. The number of morpholine rings is 1. The molecule has 1 spiro atoms. The lowest BCUT2D eigenvalue weighted by molar-refractivity contribution is -0.158. The fourth-order valence-electron chi connectivity index (χ4n) is 3.07. The molecule has 112 valence electrons. The van der Waals surface area contributed by atoms with Crippen LogP contribution in [0.5, 0.6) is 0 Å². The third-order valence-corrected chi connectivity index (χ3v) is 4.44. The van der Waals surface area contributed by atoms with Crippen LogP contribution in [-0.2, 0) is 9.53 Å². The number of carbonyl (C=O) groups excluding carboxylic acids is 2. The van der Waals surface area contributed by atoms with E-state index in [1.165, 1.54) is 0 Å². The van der Waals surface area contributed by atoms with Crippen LogP contribution in [0.1, 0.15) is 30.3 Å². The van der Waals surface area contributed by atoms with E-state index in [-0.39, 0.29) is 30.1 Å². The zero-order valence-corrected chi connectivity index (χ0v) is 12.0. The van der Waals surface area contributed by atoms with Gasteiger partial charge in [0.1, 0.15) is 12.3 Å². The molecule has 0 unspecified atom stereocenters. The normalized spacial score (nSPS) is 24.7. The number of carbonyl (C=O) groups is 2. The summed E-state index contributed by atoms with van der Waals surface area (Å²) >= 11 is 0. The molecule has 0 aromatic carbocycles. The molecule has 21 heavy (non-hydrogen) atoms. The van der Waals surface area contributed by atoms with Gasteiger partial charge in [0.25, 0.3) is 5.91 Å². The van der Waals surface area contributed by atoms with Crippen LogP contribution < -0.4 is 5.32 Å². The SMILES string of the molecule is C[C@@H]1NC(=O)COC12CCN(C(=O)c1ccccn1)CC2. The Kier molecular flexibility index (Phi) is 3.63. The number of pyridine rings is 1.